The molecule has 19 heavy (non-hydrogen) atoms. The van der Waals surface area contributed by atoms with E-state index in [-0.39, 0.29) is 12.2 Å². The fourth-order valence-electron chi connectivity index (χ4n) is 2.23. The SMILES string of the molecule is CS(=O)O[C@H]1[C@@H](OS(C)=O)CCC[C@@H]1O[Si](C)(C)C. The first-order chi connectivity index (χ1) is 8.69. The van der Waals surface area contributed by atoms with Gasteiger partial charge in [0, 0.05) is 12.5 Å². The summed E-state index contributed by atoms with van der Waals surface area (Å²) >= 11 is -2.75. The molecular formula is C11H24O5S2Si. The molecule has 0 saturated heterocycles. The Morgan fingerprint density at radius 2 is 1.47 bits per heavy atom. The lowest BCUT2D eigenvalue weighted by molar-refractivity contribution is -0.0420. The first-order valence-electron chi connectivity index (χ1n) is 6.38. The van der Waals surface area contributed by atoms with Gasteiger partial charge in [0.05, 0.1) is 6.10 Å². The second-order valence-corrected chi connectivity index (χ2v) is 12.1. The molecular weight excluding hydrogens is 304 g/mol. The van der Waals surface area contributed by atoms with Crippen LogP contribution in [0.2, 0.25) is 19.6 Å². The molecule has 114 valence electrons. The minimum Gasteiger partial charge on any atom is -0.412 e. The van der Waals surface area contributed by atoms with Crippen LogP contribution in [0.15, 0.2) is 0 Å². The molecule has 5 nitrogen and oxygen atoms in total. The van der Waals surface area contributed by atoms with Crippen LogP contribution in [-0.2, 0) is 35.0 Å². The van der Waals surface area contributed by atoms with E-state index < -0.39 is 36.6 Å². The summed E-state index contributed by atoms with van der Waals surface area (Å²) in [6, 6.07) is 0. The fourth-order valence-corrected chi connectivity index (χ4v) is 4.50. The Hall–Kier alpha value is 0.397. The summed E-state index contributed by atoms with van der Waals surface area (Å²) in [6.07, 6.45) is 4.68. The third kappa shape index (κ3) is 6.59. The summed E-state index contributed by atoms with van der Waals surface area (Å²) in [6.45, 7) is 6.32. The van der Waals surface area contributed by atoms with Crippen LogP contribution < -0.4 is 0 Å². The van der Waals surface area contributed by atoms with Crippen LogP contribution in [0.3, 0.4) is 0 Å². The van der Waals surface area contributed by atoms with Crippen molar-refractivity contribution >= 4 is 30.5 Å². The molecule has 0 aromatic rings. The van der Waals surface area contributed by atoms with E-state index in [0.29, 0.717) is 0 Å². The van der Waals surface area contributed by atoms with Crippen molar-refractivity contribution in [1.82, 2.24) is 0 Å². The lowest BCUT2D eigenvalue weighted by atomic mass is 9.92. The summed E-state index contributed by atoms with van der Waals surface area (Å²) in [5.41, 5.74) is 0. The Morgan fingerprint density at radius 1 is 0.947 bits per heavy atom. The molecule has 1 aliphatic rings. The van der Waals surface area contributed by atoms with Gasteiger partial charge in [0.1, 0.15) is 12.2 Å². The zero-order valence-electron chi connectivity index (χ0n) is 12.2. The van der Waals surface area contributed by atoms with Crippen molar-refractivity contribution in [3.8, 4) is 0 Å². The van der Waals surface area contributed by atoms with Crippen LogP contribution >= 0.6 is 0 Å². The molecule has 1 fully saturated rings. The Kier molecular flexibility index (Phi) is 6.81. The first kappa shape index (κ1) is 17.4. The maximum absolute atomic E-state index is 11.4. The van der Waals surface area contributed by atoms with Crippen LogP contribution in [0.1, 0.15) is 19.3 Å². The van der Waals surface area contributed by atoms with E-state index in [1.807, 2.05) is 0 Å². The molecule has 2 unspecified atom stereocenters. The summed E-state index contributed by atoms with van der Waals surface area (Å²) in [7, 11) is -1.72. The lowest BCUT2D eigenvalue weighted by Crippen LogP contribution is -2.49. The highest BCUT2D eigenvalue weighted by Gasteiger charge is 2.39. The molecule has 0 bridgehead atoms. The molecule has 0 aliphatic heterocycles. The number of hydrogen-bond acceptors (Lipinski definition) is 5. The van der Waals surface area contributed by atoms with Crippen LogP contribution in [0.5, 0.6) is 0 Å². The standard InChI is InChI=1S/C11H24O5S2Si/c1-17(12)14-9-7-6-8-10(16-19(3,4)5)11(9)15-18(2)13/h9-11H,6-8H2,1-5H3/t9-,10-,11-,17?,18?/m0/s1. The molecule has 0 radical (unpaired) electrons. The van der Waals surface area contributed by atoms with Gasteiger partial charge in [-0.15, -0.1) is 0 Å². The van der Waals surface area contributed by atoms with E-state index >= 15 is 0 Å². The van der Waals surface area contributed by atoms with Gasteiger partial charge < -0.3 is 4.43 Å². The van der Waals surface area contributed by atoms with Gasteiger partial charge >= 0.3 is 0 Å². The third-order valence-electron chi connectivity index (χ3n) is 2.72. The summed E-state index contributed by atoms with van der Waals surface area (Å²) < 4.78 is 39.6. The van der Waals surface area contributed by atoms with Crippen molar-refractivity contribution in [2.24, 2.45) is 0 Å². The van der Waals surface area contributed by atoms with Gasteiger partial charge in [-0.25, -0.2) is 8.42 Å². The average Bonchev–Trinajstić information content (AvgIpc) is 2.19. The largest absolute Gasteiger partial charge is 0.412 e. The van der Waals surface area contributed by atoms with E-state index in [4.69, 9.17) is 12.8 Å². The van der Waals surface area contributed by atoms with Crippen molar-refractivity contribution in [2.75, 3.05) is 12.5 Å². The van der Waals surface area contributed by atoms with E-state index in [1.54, 1.807) is 0 Å². The van der Waals surface area contributed by atoms with E-state index in [9.17, 15) is 8.42 Å². The summed E-state index contributed by atoms with van der Waals surface area (Å²) in [5.74, 6) is 0. The summed E-state index contributed by atoms with van der Waals surface area (Å²) in [5, 5.41) is 0. The van der Waals surface area contributed by atoms with Crippen molar-refractivity contribution in [3.05, 3.63) is 0 Å². The van der Waals surface area contributed by atoms with Gasteiger partial charge in [0.25, 0.3) is 0 Å². The van der Waals surface area contributed by atoms with Gasteiger partial charge in [-0.1, -0.05) is 0 Å². The normalized spacial score (nSPS) is 31.9. The van der Waals surface area contributed by atoms with Gasteiger partial charge in [0.15, 0.2) is 30.5 Å². The minimum atomic E-state index is -1.72. The topological polar surface area (TPSA) is 61.8 Å². The minimum absolute atomic E-state index is 0.127. The van der Waals surface area contributed by atoms with Crippen molar-refractivity contribution in [1.29, 1.82) is 0 Å². The monoisotopic (exact) mass is 328 g/mol. The lowest BCUT2D eigenvalue weighted by Gasteiger charge is -2.38. The zero-order chi connectivity index (χ0) is 14.6. The molecule has 0 N–H and O–H groups in total. The Labute approximate surface area is 121 Å². The highest BCUT2D eigenvalue weighted by Crippen LogP contribution is 2.29. The van der Waals surface area contributed by atoms with Gasteiger partial charge in [-0.3, -0.25) is 8.37 Å². The zero-order valence-corrected chi connectivity index (χ0v) is 14.8. The second-order valence-electron chi connectivity index (χ2n) is 5.70. The smallest absolute Gasteiger partial charge is 0.184 e. The Morgan fingerprint density at radius 3 is 1.95 bits per heavy atom. The average molecular weight is 329 g/mol. The molecule has 1 aliphatic carbocycles. The Bertz CT molecular complexity index is 344. The number of hydrogen-bond donors (Lipinski definition) is 0. The van der Waals surface area contributed by atoms with Crippen LogP contribution in [0.25, 0.3) is 0 Å². The molecule has 0 heterocycles. The van der Waals surface area contributed by atoms with Gasteiger partial charge in [0.2, 0.25) is 0 Å². The summed E-state index contributed by atoms with van der Waals surface area (Å²) in [4.78, 5) is 0. The fraction of sp³-hybridized carbons (Fsp3) is 1.00. The highest BCUT2D eigenvalue weighted by atomic mass is 32.2. The molecule has 8 heteroatoms. The van der Waals surface area contributed by atoms with Crippen molar-refractivity contribution in [3.63, 3.8) is 0 Å². The van der Waals surface area contributed by atoms with Crippen LogP contribution in [0.4, 0.5) is 0 Å². The van der Waals surface area contributed by atoms with Crippen LogP contribution in [-0.4, -0.2) is 47.6 Å². The predicted molar refractivity (Wildman–Crippen MR) is 79.9 cm³/mol. The number of rotatable bonds is 6. The van der Waals surface area contributed by atoms with E-state index in [2.05, 4.69) is 19.6 Å². The molecule has 0 aromatic carbocycles. The van der Waals surface area contributed by atoms with Gasteiger partial charge in [-0.05, 0) is 38.9 Å². The maximum Gasteiger partial charge on any atom is 0.184 e. The maximum atomic E-state index is 11.4. The third-order valence-corrected chi connectivity index (χ3v) is 4.74. The van der Waals surface area contributed by atoms with E-state index in [1.165, 1.54) is 12.5 Å². The predicted octanol–water partition coefficient (Wildman–Crippen LogP) is 1.75. The quantitative estimate of drug-likeness (QED) is 0.695. The van der Waals surface area contributed by atoms with Crippen LogP contribution in [0, 0.1) is 0 Å². The molecule has 5 atom stereocenters. The second kappa shape index (κ2) is 7.42. The molecule has 0 aromatic heterocycles. The molecule has 1 saturated carbocycles. The van der Waals surface area contributed by atoms with Crippen molar-refractivity contribution in [2.45, 2.75) is 57.2 Å². The van der Waals surface area contributed by atoms with Crippen molar-refractivity contribution < 1.29 is 21.2 Å². The Balaban J connectivity index is 2.81. The molecule has 1 rings (SSSR count). The van der Waals surface area contributed by atoms with E-state index in [0.717, 1.165) is 19.3 Å². The highest BCUT2D eigenvalue weighted by molar-refractivity contribution is 7.79. The first-order valence-corrected chi connectivity index (χ1v) is 12.8. The molecule has 0 amide bonds. The molecule has 0 spiro atoms. The van der Waals surface area contributed by atoms with Gasteiger partial charge in [-0.2, -0.15) is 0 Å².